The summed E-state index contributed by atoms with van der Waals surface area (Å²) in [4.78, 5) is 0. The van der Waals surface area contributed by atoms with Crippen molar-refractivity contribution in [3.63, 3.8) is 0 Å². The van der Waals surface area contributed by atoms with Gasteiger partial charge >= 0.3 is 0 Å². The number of nitrogens with two attached hydrogens (primary N) is 1. The maximum absolute atomic E-state index is 13.1. The number of aliphatic hydroxyl groups excluding tert-OH is 1. The van der Waals surface area contributed by atoms with Crippen LogP contribution in [0.2, 0.25) is 0 Å². The summed E-state index contributed by atoms with van der Waals surface area (Å²) in [5, 5.41) is 20.0. The fraction of sp³-hybridized carbons (Fsp3) is 0.100. The van der Waals surface area contributed by atoms with Crippen LogP contribution in [0.25, 0.3) is 10.8 Å². The van der Waals surface area contributed by atoms with Gasteiger partial charge in [-0.3, -0.25) is 0 Å². The fourth-order valence-corrected chi connectivity index (χ4v) is 2.65. The molecular weight excluding hydrogens is 336 g/mol. The molecule has 0 aliphatic heterocycles. The minimum Gasteiger partial charge on any atom is -0.388 e. The van der Waals surface area contributed by atoms with Gasteiger partial charge < -0.3 is 10.8 Å². The van der Waals surface area contributed by atoms with Crippen LogP contribution in [-0.2, 0) is 0 Å². The van der Waals surface area contributed by atoms with Crippen molar-refractivity contribution in [2.45, 2.75) is 12.5 Å². The van der Waals surface area contributed by atoms with Crippen LogP contribution >= 0.6 is 0 Å². The van der Waals surface area contributed by atoms with Gasteiger partial charge in [0.05, 0.1) is 12.3 Å². The van der Waals surface area contributed by atoms with E-state index in [1.807, 2.05) is 42.5 Å². The number of benzene rings is 3. The molecule has 0 saturated heterocycles. The molecule has 0 bridgehead atoms. The summed E-state index contributed by atoms with van der Waals surface area (Å²) in [6.07, 6.45) is 0.534. The molecule has 0 aromatic heterocycles. The average Bonchev–Trinajstić information content (AvgIpc) is 2.64. The van der Waals surface area contributed by atoms with Gasteiger partial charge in [0, 0.05) is 6.42 Å². The second kappa shape index (κ2) is 7.84. The van der Waals surface area contributed by atoms with E-state index in [4.69, 9.17) is 5.73 Å². The van der Waals surface area contributed by atoms with E-state index in [2.05, 4.69) is 10.2 Å². The molecule has 0 saturated carbocycles. The Balaban J connectivity index is 1.72. The molecule has 0 heterocycles. The molecule has 0 fully saturated rings. The third kappa shape index (κ3) is 4.10. The third-order valence-electron chi connectivity index (χ3n) is 3.92. The first-order chi connectivity index (χ1) is 12.5. The number of fused-ring (bicyclic) bond motifs is 1. The normalized spacial score (nSPS) is 13.4. The highest BCUT2D eigenvalue weighted by Crippen LogP contribution is 2.26. The van der Waals surface area contributed by atoms with E-state index >= 15 is 0 Å². The molecule has 0 aliphatic carbocycles. The zero-order valence-corrected chi connectivity index (χ0v) is 13.8. The summed E-state index contributed by atoms with van der Waals surface area (Å²) in [6, 6.07) is 16.8. The third-order valence-corrected chi connectivity index (χ3v) is 3.92. The van der Waals surface area contributed by atoms with Gasteiger partial charge in [-0.2, -0.15) is 5.10 Å². The maximum atomic E-state index is 13.1. The lowest BCUT2D eigenvalue weighted by atomic mass is 9.98. The Labute approximate surface area is 149 Å². The summed E-state index contributed by atoms with van der Waals surface area (Å²) < 4.78 is 26.0. The molecule has 4 nitrogen and oxygen atoms in total. The van der Waals surface area contributed by atoms with Crippen molar-refractivity contribution in [1.29, 1.82) is 0 Å². The molecule has 1 atom stereocenters. The Bertz CT molecular complexity index is 980. The molecule has 0 radical (unpaired) electrons. The lowest BCUT2D eigenvalue weighted by Gasteiger charge is -2.13. The van der Waals surface area contributed by atoms with E-state index in [0.717, 1.165) is 28.5 Å². The molecule has 0 spiro atoms. The Morgan fingerprint density at radius 3 is 2.62 bits per heavy atom. The molecule has 3 aromatic rings. The van der Waals surface area contributed by atoms with Gasteiger partial charge in [0.15, 0.2) is 11.6 Å². The Kier molecular flexibility index (Phi) is 5.34. The maximum Gasteiger partial charge on any atom is 0.159 e. The Morgan fingerprint density at radius 2 is 1.81 bits per heavy atom. The zero-order valence-electron chi connectivity index (χ0n) is 13.8. The molecule has 0 amide bonds. The van der Waals surface area contributed by atoms with Gasteiger partial charge in [-0.1, -0.05) is 48.5 Å². The van der Waals surface area contributed by atoms with Crippen molar-refractivity contribution in [1.82, 2.24) is 0 Å². The van der Waals surface area contributed by atoms with Crippen molar-refractivity contribution >= 4 is 22.8 Å². The van der Waals surface area contributed by atoms with Crippen molar-refractivity contribution < 1.29 is 13.9 Å². The smallest absolute Gasteiger partial charge is 0.159 e. The van der Waals surface area contributed by atoms with Crippen molar-refractivity contribution in [3.05, 3.63) is 83.4 Å². The molecule has 3 aromatic carbocycles. The van der Waals surface area contributed by atoms with E-state index in [1.165, 1.54) is 12.3 Å². The lowest BCUT2D eigenvalue weighted by molar-refractivity contribution is 0.187. The van der Waals surface area contributed by atoms with Gasteiger partial charge in [-0.25, -0.2) is 8.78 Å². The highest BCUT2D eigenvalue weighted by Gasteiger charge is 2.12. The Morgan fingerprint density at radius 1 is 1.04 bits per heavy atom. The first-order valence-electron chi connectivity index (χ1n) is 8.01. The van der Waals surface area contributed by atoms with Gasteiger partial charge in [0.1, 0.15) is 5.84 Å². The van der Waals surface area contributed by atoms with Crippen molar-refractivity contribution in [2.75, 3.05) is 0 Å². The van der Waals surface area contributed by atoms with Crippen molar-refractivity contribution in [2.24, 2.45) is 15.9 Å². The molecule has 3 rings (SSSR count). The monoisotopic (exact) mass is 353 g/mol. The average molecular weight is 353 g/mol. The predicted molar refractivity (Wildman–Crippen MR) is 99.1 cm³/mol. The van der Waals surface area contributed by atoms with Crippen LogP contribution in [0.4, 0.5) is 8.78 Å². The summed E-state index contributed by atoms with van der Waals surface area (Å²) >= 11 is 0. The number of rotatable bonds is 5. The van der Waals surface area contributed by atoms with Gasteiger partial charge in [-0.05, 0) is 34.0 Å². The fourth-order valence-electron chi connectivity index (χ4n) is 2.65. The standard InChI is InChI=1S/C20H17F2N3O/c21-17-9-8-13(10-18(17)22)12-24-25-20(23)11-19(26)16-7-3-5-14-4-1-2-6-15(14)16/h1-10,12,19,26H,11H2,(H2,23,25)/b24-12+. The Hall–Kier alpha value is -3.12. The minimum absolute atomic E-state index is 0.100. The van der Waals surface area contributed by atoms with Crippen LogP contribution < -0.4 is 5.73 Å². The molecule has 1 unspecified atom stereocenters. The number of hydrogen-bond acceptors (Lipinski definition) is 3. The quantitative estimate of drug-likeness (QED) is 0.414. The van der Waals surface area contributed by atoms with E-state index in [0.29, 0.717) is 5.56 Å². The predicted octanol–water partition coefficient (Wildman–Crippen LogP) is 3.93. The number of hydrogen-bond donors (Lipinski definition) is 2. The first kappa shape index (κ1) is 17.7. The number of halogens is 2. The number of aliphatic hydroxyl groups is 1. The van der Waals surface area contributed by atoms with Crippen LogP contribution in [0.1, 0.15) is 23.7 Å². The van der Waals surface area contributed by atoms with Crippen LogP contribution in [0, 0.1) is 11.6 Å². The SMILES string of the molecule is N/C(CC(O)c1cccc2ccccc12)=N\N=C\c1ccc(F)c(F)c1. The molecular formula is C20H17F2N3O. The van der Waals surface area contributed by atoms with E-state index in [1.54, 1.807) is 0 Å². The van der Waals surface area contributed by atoms with E-state index < -0.39 is 17.7 Å². The number of amidine groups is 1. The molecule has 132 valence electrons. The summed E-state index contributed by atoms with van der Waals surface area (Å²) in [6.45, 7) is 0. The van der Waals surface area contributed by atoms with E-state index in [9.17, 15) is 13.9 Å². The van der Waals surface area contributed by atoms with E-state index in [-0.39, 0.29) is 12.3 Å². The van der Waals surface area contributed by atoms with Crippen LogP contribution in [-0.4, -0.2) is 17.2 Å². The highest BCUT2D eigenvalue weighted by atomic mass is 19.2. The molecule has 3 N–H and O–H groups in total. The van der Waals surface area contributed by atoms with Gasteiger partial charge in [0.2, 0.25) is 0 Å². The largest absolute Gasteiger partial charge is 0.388 e. The summed E-state index contributed by atoms with van der Waals surface area (Å²) in [5.74, 6) is -1.76. The first-order valence-corrected chi connectivity index (χ1v) is 8.01. The number of nitrogens with zero attached hydrogens (tertiary/aromatic N) is 2. The highest BCUT2D eigenvalue weighted by molar-refractivity contribution is 5.88. The van der Waals surface area contributed by atoms with Crippen LogP contribution in [0.15, 0.2) is 70.9 Å². The second-order valence-corrected chi connectivity index (χ2v) is 5.80. The minimum atomic E-state index is -0.961. The zero-order chi connectivity index (χ0) is 18.5. The lowest BCUT2D eigenvalue weighted by Crippen LogP contribution is -2.15. The molecule has 26 heavy (non-hydrogen) atoms. The van der Waals surface area contributed by atoms with Crippen LogP contribution in [0.5, 0.6) is 0 Å². The van der Waals surface area contributed by atoms with Crippen LogP contribution in [0.3, 0.4) is 0 Å². The topological polar surface area (TPSA) is 71.0 Å². The summed E-state index contributed by atoms with van der Waals surface area (Å²) in [5.41, 5.74) is 6.93. The van der Waals surface area contributed by atoms with Gasteiger partial charge in [-0.15, -0.1) is 5.10 Å². The second-order valence-electron chi connectivity index (χ2n) is 5.80. The van der Waals surface area contributed by atoms with Gasteiger partial charge in [0.25, 0.3) is 0 Å². The molecule has 0 aliphatic rings. The molecule has 6 heteroatoms. The van der Waals surface area contributed by atoms with Crippen molar-refractivity contribution in [3.8, 4) is 0 Å². The summed E-state index contributed by atoms with van der Waals surface area (Å²) in [7, 11) is 0.